The number of hydrogen-bond acceptors (Lipinski definition) is 5. The summed E-state index contributed by atoms with van der Waals surface area (Å²) in [6, 6.07) is 0. The van der Waals surface area contributed by atoms with Gasteiger partial charge in [0.25, 0.3) is 0 Å². The van der Waals surface area contributed by atoms with Crippen molar-refractivity contribution in [3.8, 4) is 0 Å². The molecule has 0 atom stereocenters. The van der Waals surface area contributed by atoms with Crippen LogP contribution in [0.4, 0.5) is 5.95 Å². The summed E-state index contributed by atoms with van der Waals surface area (Å²) in [5, 5.41) is 9.83. The van der Waals surface area contributed by atoms with Gasteiger partial charge in [0, 0.05) is 12.4 Å². The number of nitrogens with zero attached hydrogens (tertiary/aromatic N) is 4. The van der Waals surface area contributed by atoms with E-state index in [1.165, 1.54) is 0 Å². The van der Waals surface area contributed by atoms with Crippen molar-refractivity contribution in [1.82, 2.24) is 19.7 Å². The predicted octanol–water partition coefficient (Wildman–Crippen LogP) is 0.674. The Labute approximate surface area is 79.2 Å². The molecule has 5 nitrogen and oxygen atoms in total. The molecule has 0 fully saturated rings. The number of aryl methyl sites for hydroxylation is 1. The molecule has 2 rings (SSSR count). The zero-order valence-corrected chi connectivity index (χ0v) is 7.95. The molecule has 0 aliphatic heterocycles. The number of aromatic nitrogens is 4. The van der Waals surface area contributed by atoms with Crippen LogP contribution in [0.3, 0.4) is 0 Å². The van der Waals surface area contributed by atoms with E-state index in [1.54, 1.807) is 17.5 Å². The van der Waals surface area contributed by atoms with E-state index in [9.17, 15) is 0 Å². The maximum atomic E-state index is 5.60. The van der Waals surface area contributed by atoms with Crippen molar-refractivity contribution in [2.45, 2.75) is 13.5 Å². The second-order valence-electron chi connectivity index (χ2n) is 2.63. The van der Waals surface area contributed by atoms with Gasteiger partial charge in [-0.1, -0.05) is 11.3 Å². The molecule has 2 aromatic rings. The number of imidazole rings is 1. The Morgan fingerprint density at radius 1 is 1.54 bits per heavy atom. The van der Waals surface area contributed by atoms with E-state index in [1.807, 2.05) is 17.7 Å². The van der Waals surface area contributed by atoms with Crippen molar-refractivity contribution >= 4 is 17.3 Å². The van der Waals surface area contributed by atoms with Crippen LogP contribution in [-0.4, -0.2) is 19.7 Å². The van der Waals surface area contributed by atoms with Gasteiger partial charge in [-0.15, -0.1) is 10.2 Å². The number of nitrogens with two attached hydrogens (primary N) is 1. The molecule has 0 bridgehead atoms. The van der Waals surface area contributed by atoms with E-state index in [0.717, 1.165) is 10.0 Å². The van der Waals surface area contributed by atoms with E-state index in [0.29, 0.717) is 12.5 Å². The van der Waals surface area contributed by atoms with Crippen LogP contribution in [-0.2, 0) is 6.54 Å². The second kappa shape index (κ2) is 3.14. The maximum Gasteiger partial charge on any atom is 0.200 e. The minimum absolute atomic E-state index is 0.507. The third-order valence-electron chi connectivity index (χ3n) is 1.62. The maximum absolute atomic E-state index is 5.60. The van der Waals surface area contributed by atoms with Crippen LogP contribution in [0.5, 0.6) is 0 Å². The number of hydrogen-bond donors (Lipinski definition) is 1. The second-order valence-corrected chi connectivity index (χ2v) is 3.89. The van der Waals surface area contributed by atoms with Crippen molar-refractivity contribution in [3.05, 3.63) is 22.4 Å². The van der Waals surface area contributed by atoms with E-state index in [-0.39, 0.29) is 0 Å². The first-order chi connectivity index (χ1) is 6.25. The summed E-state index contributed by atoms with van der Waals surface area (Å²) in [4.78, 5) is 3.92. The highest BCUT2D eigenvalue weighted by atomic mass is 32.1. The number of anilines is 1. The molecule has 0 saturated heterocycles. The van der Waals surface area contributed by atoms with Crippen molar-refractivity contribution in [3.63, 3.8) is 0 Å². The Balaban J connectivity index is 2.19. The normalized spacial score (nSPS) is 10.5. The molecule has 6 heteroatoms. The third-order valence-corrected chi connectivity index (χ3v) is 2.44. The van der Waals surface area contributed by atoms with Gasteiger partial charge in [0.05, 0.1) is 6.54 Å². The summed E-state index contributed by atoms with van der Waals surface area (Å²) < 4.78 is 1.83. The summed E-state index contributed by atoms with van der Waals surface area (Å²) >= 11 is 1.57. The standard InChI is InChI=1S/C7H9N5S/c1-5-10-11-6(13-5)4-12-3-2-9-7(12)8/h2-3H,4H2,1H3,(H2,8,9). The quantitative estimate of drug-likeness (QED) is 0.764. The molecule has 0 aromatic carbocycles. The van der Waals surface area contributed by atoms with Gasteiger partial charge in [0.2, 0.25) is 0 Å². The Hall–Kier alpha value is -1.43. The first-order valence-electron chi connectivity index (χ1n) is 3.81. The third kappa shape index (κ3) is 1.67. The lowest BCUT2D eigenvalue weighted by Crippen LogP contribution is -2.03. The largest absolute Gasteiger partial charge is 0.369 e. The fourth-order valence-corrected chi connectivity index (χ4v) is 1.73. The Morgan fingerprint density at radius 3 is 2.92 bits per heavy atom. The fourth-order valence-electron chi connectivity index (χ4n) is 1.02. The average molecular weight is 195 g/mol. The predicted molar refractivity (Wildman–Crippen MR) is 50.4 cm³/mol. The molecule has 2 aromatic heterocycles. The Morgan fingerprint density at radius 2 is 2.38 bits per heavy atom. The fraction of sp³-hybridized carbons (Fsp3) is 0.286. The van der Waals surface area contributed by atoms with E-state index in [4.69, 9.17) is 5.73 Å². The lowest BCUT2D eigenvalue weighted by Gasteiger charge is -1.98. The Bertz CT molecular complexity index is 404. The van der Waals surface area contributed by atoms with Crippen LogP contribution in [0.1, 0.15) is 10.0 Å². The molecule has 13 heavy (non-hydrogen) atoms. The Kier molecular flexibility index (Phi) is 1.97. The van der Waals surface area contributed by atoms with Crippen LogP contribution >= 0.6 is 11.3 Å². The summed E-state index contributed by atoms with van der Waals surface area (Å²) in [6.07, 6.45) is 3.50. The number of nitrogen functional groups attached to an aromatic ring is 1. The summed E-state index contributed by atoms with van der Waals surface area (Å²) in [5.74, 6) is 0.507. The van der Waals surface area contributed by atoms with Gasteiger partial charge in [-0.05, 0) is 6.92 Å². The van der Waals surface area contributed by atoms with Crippen molar-refractivity contribution in [2.75, 3.05) is 5.73 Å². The van der Waals surface area contributed by atoms with E-state index in [2.05, 4.69) is 15.2 Å². The van der Waals surface area contributed by atoms with Gasteiger partial charge in [0.15, 0.2) is 5.95 Å². The lowest BCUT2D eigenvalue weighted by atomic mass is 10.6. The van der Waals surface area contributed by atoms with Gasteiger partial charge in [0.1, 0.15) is 10.0 Å². The highest BCUT2D eigenvalue weighted by molar-refractivity contribution is 7.11. The molecular formula is C7H9N5S. The van der Waals surface area contributed by atoms with Gasteiger partial charge < -0.3 is 10.3 Å². The van der Waals surface area contributed by atoms with Crippen molar-refractivity contribution < 1.29 is 0 Å². The minimum atomic E-state index is 0.507. The van der Waals surface area contributed by atoms with Crippen LogP contribution in [0.25, 0.3) is 0 Å². The van der Waals surface area contributed by atoms with Crippen LogP contribution < -0.4 is 5.73 Å². The zero-order chi connectivity index (χ0) is 9.26. The zero-order valence-electron chi connectivity index (χ0n) is 7.14. The van der Waals surface area contributed by atoms with Gasteiger partial charge >= 0.3 is 0 Å². The van der Waals surface area contributed by atoms with Gasteiger partial charge in [-0.25, -0.2) is 4.98 Å². The molecule has 0 aliphatic rings. The molecule has 0 aliphatic carbocycles. The van der Waals surface area contributed by atoms with E-state index >= 15 is 0 Å². The summed E-state index contributed by atoms with van der Waals surface area (Å²) in [5.41, 5.74) is 5.60. The van der Waals surface area contributed by atoms with Crippen LogP contribution in [0.15, 0.2) is 12.4 Å². The highest BCUT2D eigenvalue weighted by Crippen LogP contribution is 2.11. The first kappa shape index (κ1) is 8.18. The van der Waals surface area contributed by atoms with Crippen LogP contribution in [0, 0.1) is 6.92 Å². The molecule has 0 spiro atoms. The first-order valence-corrected chi connectivity index (χ1v) is 4.63. The number of rotatable bonds is 2. The molecule has 0 amide bonds. The minimum Gasteiger partial charge on any atom is -0.369 e. The van der Waals surface area contributed by atoms with Gasteiger partial charge in [-0.3, -0.25) is 0 Å². The molecular weight excluding hydrogens is 186 g/mol. The van der Waals surface area contributed by atoms with Gasteiger partial charge in [-0.2, -0.15) is 0 Å². The molecule has 0 radical (unpaired) electrons. The highest BCUT2D eigenvalue weighted by Gasteiger charge is 2.03. The van der Waals surface area contributed by atoms with Crippen molar-refractivity contribution in [2.24, 2.45) is 0 Å². The SMILES string of the molecule is Cc1nnc(Cn2ccnc2N)s1. The molecule has 68 valence electrons. The van der Waals surface area contributed by atoms with Crippen molar-refractivity contribution in [1.29, 1.82) is 0 Å². The smallest absolute Gasteiger partial charge is 0.200 e. The van der Waals surface area contributed by atoms with E-state index < -0.39 is 0 Å². The van der Waals surface area contributed by atoms with Crippen LogP contribution in [0.2, 0.25) is 0 Å². The lowest BCUT2D eigenvalue weighted by molar-refractivity contribution is 0.787. The summed E-state index contributed by atoms with van der Waals surface area (Å²) in [6.45, 7) is 2.58. The average Bonchev–Trinajstić information content (AvgIpc) is 2.64. The summed E-state index contributed by atoms with van der Waals surface area (Å²) in [7, 11) is 0. The molecule has 0 saturated carbocycles. The monoisotopic (exact) mass is 195 g/mol. The topological polar surface area (TPSA) is 69.6 Å². The molecule has 2 heterocycles. The molecule has 0 unspecified atom stereocenters. The molecule has 2 N–H and O–H groups in total.